The number of anilines is 1. The summed E-state index contributed by atoms with van der Waals surface area (Å²) < 4.78 is 0. The molecule has 0 aliphatic carbocycles. The molecule has 16 heavy (non-hydrogen) atoms. The third-order valence-electron chi connectivity index (χ3n) is 2.85. The summed E-state index contributed by atoms with van der Waals surface area (Å²) in [6, 6.07) is 8.48. The summed E-state index contributed by atoms with van der Waals surface area (Å²) >= 11 is 0. The Kier molecular flexibility index (Phi) is 2.82. The van der Waals surface area contributed by atoms with Gasteiger partial charge >= 0.3 is 0 Å². The maximum atomic E-state index is 4.55. The highest BCUT2D eigenvalue weighted by atomic mass is 15.1. The Morgan fingerprint density at radius 3 is 2.25 bits per heavy atom. The Bertz CT molecular complexity index is 455. The van der Waals surface area contributed by atoms with Crippen LogP contribution in [0.1, 0.15) is 25.3 Å². The molecule has 84 valence electrons. The molecule has 0 saturated heterocycles. The zero-order chi connectivity index (χ0) is 11.7. The first-order valence-corrected chi connectivity index (χ1v) is 5.66. The molecule has 2 rings (SSSR count). The van der Waals surface area contributed by atoms with Crippen LogP contribution in [0.3, 0.4) is 0 Å². The average Bonchev–Trinajstić information content (AvgIpc) is 2.27. The van der Waals surface area contributed by atoms with Gasteiger partial charge < -0.3 is 4.90 Å². The minimum absolute atomic E-state index is 0.508. The van der Waals surface area contributed by atoms with Crippen LogP contribution in [0.4, 0.5) is 5.82 Å². The molecule has 1 heterocycles. The van der Waals surface area contributed by atoms with Crippen LogP contribution in [-0.4, -0.2) is 19.1 Å². The second kappa shape index (κ2) is 4.12. The Hall–Kier alpha value is -1.57. The van der Waals surface area contributed by atoms with Crippen LogP contribution < -0.4 is 4.90 Å². The van der Waals surface area contributed by atoms with E-state index < -0.39 is 0 Å². The molecule has 1 aromatic carbocycles. The van der Waals surface area contributed by atoms with Crippen LogP contribution in [0, 0.1) is 0 Å². The van der Waals surface area contributed by atoms with Gasteiger partial charge in [-0.05, 0) is 16.9 Å². The number of nitrogens with zero attached hydrogens (tertiary/aromatic N) is 2. The highest BCUT2D eigenvalue weighted by molar-refractivity contribution is 5.94. The van der Waals surface area contributed by atoms with Crippen molar-refractivity contribution in [3.8, 4) is 0 Å². The molecule has 0 radical (unpaired) electrons. The van der Waals surface area contributed by atoms with Crippen LogP contribution in [0.2, 0.25) is 0 Å². The molecule has 0 amide bonds. The molecule has 1 aromatic heterocycles. The quantitative estimate of drug-likeness (QED) is 0.761. The fourth-order valence-corrected chi connectivity index (χ4v) is 2.02. The molecule has 0 unspecified atom stereocenters. The van der Waals surface area contributed by atoms with Gasteiger partial charge in [0, 0.05) is 25.7 Å². The fraction of sp³-hybridized carbons (Fsp3) is 0.357. The Morgan fingerprint density at radius 1 is 1.06 bits per heavy atom. The molecular weight excluding hydrogens is 196 g/mol. The Morgan fingerprint density at radius 2 is 1.69 bits per heavy atom. The van der Waals surface area contributed by atoms with Crippen molar-refractivity contribution < 1.29 is 0 Å². The first kappa shape index (κ1) is 10.9. The lowest BCUT2D eigenvalue weighted by Gasteiger charge is -2.17. The van der Waals surface area contributed by atoms with Gasteiger partial charge in [-0.15, -0.1) is 0 Å². The molecule has 0 fully saturated rings. The van der Waals surface area contributed by atoms with Gasteiger partial charge in [0.2, 0.25) is 0 Å². The topological polar surface area (TPSA) is 16.1 Å². The van der Waals surface area contributed by atoms with Crippen LogP contribution in [0.15, 0.2) is 30.5 Å². The van der Waals surface area contributed by atoms with E-state index in [0.29, 0.717) is 5.92 Å². The Labute approximate surface area is 96.9 Å². The molecule has 2 heteroatoms. The van der Waals surface area contributed by atoms with Crippen molar-refractivity contribution in [3.63, 3.8) is 0 Å². The summed E-state index contributed by atoms with van der Waals surface area (Å²) in [5.41, 5.74) is 1.32. The van der Waals surface area contributed by atoms with E-state index in [4.69, 9.17) is 0 Å². The Balaban J connectivity index is 2.77. The monoisotopic (exact) mass is 214 g/mol. The number of hydrogen-bond donors (Lipinski definition) is 0. The van der Waals surface area contributed by atoms with E-state index in [0.717, 1.165) is 5.82 Å². The van der Waals surface area contributed by atoms with Crippen molar-refractivity contribution in [1.29, 1.82) is 0 Å². The van der Waals surface area contributed by atoms with Gasteiger partial charge in [-0.25, -0.2) is 4.98 Å². The third kappa shape index (κ3) is 1.75. The minimum Gasteiger partial charge on any atom is -0.362 e. The number of benzene rings is 1. The number of aromatic nitrogens is 1. The van der Waals surface area contributed by atoms with Crippen LogP contribution in [0.5, 0.6) is 0 Å². The predicted molar refractivity (Wildman–Crippen MR) is 70.2 cm³/mol. The summed E-state index contributed by atoms with van der Waals surface area (Å²) in [4.78, 5) is 6.62. The van der Waals surface area contributed by atoms with E-state index in [9.17, 15) is 0 Å². The summed E-state index contributed by atoms with van der Waals surface area (Å²) in [7, 11) is 4.06. The summed E-state index contributed by atoms with van der Waals surface area (Å²) in [5, 5.41) is 2.55. The van der Waals surface area contributed by atoms with Crippen molar-refractivity contribution in [1.82, 2.24) is 4.98 Å². The highest BCUT2D eigenvalue weighted by Crippen LogP contribution is 2.29. The van der Waals surface area contributed by atoms with Gasteiger partial charge in [0.05, 0.1) is 0 Å². The molecule has 0 atom stereocenters. The summed E-state index contributed by atoms with van der Waals surface area (Å²) in [5.74, 6) is 1.55. The van der Waals surface area contributed by atoms with Gasteiger partial charge in [-0.2, -0.15) is 0 Å². The van der Waals surface area contributed by atoms with E-state index in [2.05, 4.69) is 48.0 Å². The van der Waals surface area contributed by atoms with Crippen LogP contribution in [0.25, 0.3) is 10.8 Å². The molecule has 0 aliphatic rings. The molecular formula is C14H18N2. The number of hydrogen-bond acceptors (Lipinski definition) is 2. The summed E-state index contributed by atoms with van der Waals surface area (Å²) in [6.45, 7) is 4.41. The van der Waals surface area contributed by atoms with E-state index in [1.807, 2.05) is 20.3 Å². The first-order chi connectivity index (χ1) is 7.61. The standard InChI is InChI=1S/C14H18N2/c1-10(2)13-9-15-14(16(3)4)12-8-6-5-7-11(12)13/h5-10H,1-4H3. The van der Waals surface area contributed by atoms with Crippen molar-refractivity contribution >= 4 is 16.6 Å². The lowest BCUT2D eigenvalue weighted by molar-refractivity contribution is 0.867. The van der Waals surface area contributed by atoms with E-state index in [1.54, 1.807) is 0 Å². The SMILES string of the molecule is CC(C)c1cnc(N(C)C)c2ccccc12. The largest absolute Gasteiger partial charge is 0.362 e. The number of fused-ring (bicyclic) bond motifs is 1. The van der Waals surface area contributed by atoms with Crippen molar-refractivity contribution in [2.24, 2.45) is 0 Å². The van der Waals surface area contributed by atoms with Crippen LogP contribution >= 0.6 is 0 Å². The third-order valence-corrected chi connectivity index (χ3v) is 2.85. The molecule has 2 aromatic rings. The van der Waals surface area contributed by atoms with Gasteiger partial charge in [-0.1, -0.05) is 38.1 Å². The first-order valence-electron chi connectivity index (χ1n) is 5.66. The summed E-state index contributed by atoms with van der Waals surface area (Å²) in [6.07, 6.45) is 2.00. The number of rotatable bonds is 2. The molecule has 0 bridgehead atoms. The second-order valence-electron chi connectivity index (χ2n) is 4.63. The van der Waals surface area contributed by atoms with Gasteiger partial charge in [0.1, 0.15) is 5.82 Å². The van der Waals surface area contributed by atoms with Gasteiger partial charge in [0.15, 0.2) is 0 Å². The van der Waals surface area contributed by atoms with Crippen molar-refractivity contribution in [2.45, 2.75) is 19.8 Å². The predicted octanol–water partition coefficient (Wildman–Crippen LogP) is 3.42. The number of pyridine rings is 1. The van der Waals surface area contributed by atoms with E-state index in [1.165, 1.54) is 16.3 Å². The lowest BCUT2D eigenvalue weighted by Crippen LogP contribution is -2.11. The zero-order valence-electron chi connectivity index (χ0n) is 10.4. The normalized spacial score (nSPS) is 11.1. The molecule has 2 nitrogen and oxygen atoms in total. The van der Waals surface area contributed by atoms with Crippen molar-refractivity contribution in [3.05, 3.63) is 36.0 Å². The maximum absolute atomic E-state index is 4.55. The second-order valence-corrected chi connectivity index (χ2v) is 4.63. The van der Waals surface area contributed by atoms with Gasteiger partial charge in [0.25, 0.3) is 0 Å². The van der Waals surface area contributed by atoms with E-state index >= 15 is 0 Å². The molecule has 0 spiro atoms. The molecule has 0 saturated carbocycles. The maximum Gasteiger partial charge on any atom is 0.135 e. The minimum atomic E-state index is 0.508. The van der Waals surface area contributed by atoms with Gasteiger partial charge in [-0.3, -0.25) is 0 Å². The molecule has 0 N–H and O–H groups in total. The highest BCUT2D eigenvalue weighted by Gasteiger charge is 2.10. The van der Waals surface area contributed by atoms with Crippen molar-refractivity contribution in [2.75, 3.05) is 19.0 Å². The zero-order valence-corrected chi connectivity index (χ0v) is 10.4. The van der Waals surface area contributed by atoms with Crippen LogP contribution in [-0.2, 0) is 0 Å². The lowest BCUT2D eigenvalue weighted by atomic mass is 9.98. The smallest absolute Gasteiger partial charge is 0.135 e. The average molecular weight is 214 g/mol. The molecule has 0 aliphatic heterocycles. The van der Waals surface area contributed by atoms with E-state index in [-0.39, 0.29) is 0 Å². The fourth-order valence-electron chi connectivity index (χ4n) is 2.02.